The highest BCUT2D eigenvalue weighted by Crippen LogP contribution is 2.51. The molecule has 2 unspecified atom stereocenters. The highest BCUT2D eigenvalue weighted by molar-refractivity contribution is 7.93. The second-order valence-electron chi connectivity index (χ2n) is 14.1. The summed E-state index contributed by atoms with van der Waals surface area (Å²) in [5.41, 5.74) is 1.17. The maximum Gasteiger partial charge on any atom is 0.265 e. The molecule has 0 amide bonds. The number of thiazole rings is 1. The SMILES string of the molecule is COc1cccc(C)c1S(=O)(=O)Nc1cccc(-c2nc(N3C4CCC3CN(C)C4)sc2-c2ccnc(NC3CC4(C3)CS(=O)(=O)C4)n2)c1F. The summed E-state index contributed by atoms with van der Waals surface area (Å²) in [6.07, 6.45) is 5.21. The lowest BCUT2D eigenvalue weighted by Crippen LogP contribution is -2.60. The van der Waals surface area contributed by atoms with Gasteiger partial charge in [0.2, 0.25) is 5.95 Å². The van der Waals surface area contributed by atoms with E-state index in [1.54, 1.807) is 49.5 Å². The number of hydrogen-bond acceptors (Lipinski definition) is 12. The number of fused-ring (bicyclic) bond motifs is 2. The highest BCUT2D eigenvalue weighted by Gasteiger charge is 2.56. The van der Waals surface area contributed by atoms with E-state index in [1.165, 1.54) is 24.5 Å². The average Bonchev–Trinajstić information content (AvgIpc) is 3.58. The van der Waals surface area contributed by atoms with Crippen LogP contribution in [0.25, 0.3) is 21.8 Å². The molecule has 2 aromatic heterocycles. The first-order chi connectivity index (χ1) is 23.8. The summed E-state index contributed by atoms with van der Waals surface area (Å²) < 4.78 is 75.2. The molecule has 3 saturated heterocycles. The van der Waals surface area contributed by atoms with Gasteiger partial charge >= 0.3 is 0 Å². The van der Waals surface area contributed by atoms with Gasteiger partial charge in [-0.25, -0.2) is 36.2 Å². The van der Waals surface area contributed by atoms with Crippen LogP contribution in [-0.4, -0.2) is 93.6 Å². The van der Waals surface area contributed by atoms with Gasteiger partial charge in [0.25, 0.3) is 10.0 Å². The molecule has 0 radical (unpaired) electrons. The molecule has 4 aromatic rings. The van der Waals surface area contributed by atoms with E-state index in [2.05, 4.69) is 31.9 Å². The predicted octanol–water partition coefficient (Wildman–Crippen LogP) is 4.80. The van der Waals surface area contributed by atoms with Crippen LogP contribution < -0.4 is 19.7 Å². The van der Waals surface area contributed by atoms with Gasteiger partial charge in [-0.15, -0.1) is 0 Å². The lowest BCUT2D eigenvalue weighted by molar-refractivity contribution is 0.153. The van der Waals surface area contributed by atoms with Crippen LogP contribution in [0, 0.1) is 18.2 Å². The van der Waals surface area contributed by atoms with Gasteiger partial charge in [0.05, 0.1) is 40.6 Å². The van der Waals surface area contributed by atoms with Gasteiger partial charge in [0.15, 0.2) is 20.8 Å². The molecule has 2 bridgehead atoms. The van der Waals surface area contributed by atoms with Gasteiger partial charge in [-0.2, -0.15) is 0 Å². The van der Waals surface area contributed by atoms with Crippen LogP contribution in [0.15, 0.2) is 53.6 Å². The number of methoxy groups -OCH3 is 1. The molecule has 2 aromatic carbocycles. The smallest absolute Gasteiger partial charge is 0.265 e. The van der Waals surface area contributed by atoms with E-state index >= 15 is 4.39 Å². The summed E-state index contributed by atoms with van der Waals surface area (Å²) in [4.78, 5) is 19.6. The number of aromatic nitrogens is 3. The van der Waals surface area contributed by atoms with Crippen molar-refractivity contribution in [1.82, 2.24) is 19.9 Å². The maximum absolute atomic E-state index is 16.6. The number of aryl methyl sites for hydroxylation is 1. The molecule has 4 fully saturated rings. The molecule has 5 heterocycles. The molecule has 50 heavy (non-hydrogen) atoms. The van der Waals surface area contributed by atoms with Crippen LogP contribution in [0.2, 0.25) is 0 Å². The van der Waals surface area contributed by atoms with Gasteiger partial charge in [-0.1, -0.05) is 29.5 Å². The van der Waals surface area contributed by atoms with E-state index in [9.17, 15) is 16.8 Å². The average molecular weight is 740 g/mol. The third-order valence-corrected chi connectivity index (χ3v) is 15.0. The zero-order valence-electron chi connectivity index (χ0n) is 27.9. The van der Waals surface area contributed by atoms with Gasteiger partial charge in [0.1, 0.15) is 10.6 Å². The van der Waals surface area contributed by atoms with E-state index in [4.69, 9.17) is 14.7 Å². The summed E-state index contributed by atoms with van der Waals surface area (Å²) in [6.45, 7) is 3.46. The van der Waals surface area contributed by atoms with E-state index in [-0.39, 0.29) is 56.9 Å². The minimum absolute atomic E-state index is 0.0623. The molecular weight excluding hydrogens is 702 g/mol. The number of hydrogen-bond donors (Lipinski definition) is 2. The van der Waals surface area contributed by atoms with Crippen molar-refractivity contribution in [2.24, 2.45) is 5.41 Å². The summed E-state index contributed by atoms with van der Waals surface area (Å²) in [5, 5.41) is 4.13. The van der Waals surface area contributed by atoms with Crippen molar-refractivity contribution in [2.75, 3.05) is 53.7 Å². The Balaban J connectivity index is 1.15. The number of benzene rings is 2. The van der Waals surface area contributed by atoms with Crippen molar-refractivity contribution in [2.45, 2.75) is 55.6 Å². The quantitative estimate of drug-likeness (QED) is 0.244. The number of nitrogens with zero attached hydrogens (tertiary/aromatic N) is 5. The number of rotatable bonds is 9. The van der Waals surface area contributed by atoms with Crippen LogP contribution in [0.4, 0.5) is 21.2 Å². The van der Waals surface area contributed by atoms with Crippen molar-refractivity contribution in [3.63, 3.8) is 0 Å². The standard InChI is InChI=1S/C34H38FN7O5S3/c1-20-6-4-9-27(47-3)31(20)50(45,46)40-25-8-5-7-24(28(25)35)29-30(48-33(39-29)42-22-10-11-23(42)17-41(2)16-22)26-12-13-36-32(38-26)37-21-14-34(15-21)18-49(43,44)19-34/h4-9,12-13,21-23,40H,10-11,14-19H2,1-3H3,(H,36,37,38). The summed E-state index contributed by atoms with van der Waals surface area (Å²) >= 11 is 1.44. The Kier molecular flexibility index (Phi) is 8.08. The van der Waals surface area contributed by atoms with Crippen molar-refractivity contribution in [1.29, 1.82) is 0 Å². The number of sulfonamides is 1. The molecule has 2 N–H and O–H groups in total. The first-order valence-corrected chi connectivity index (χ1v) is 20.7. The third kappa shape index (κ3) is 5.89. The Labute approximate surface area is 295 Å². The van der Waals surface area contributed by atoms with Crippen LogP contribution >= 0.6 is 11.3 Å². The lowest BCUT2D eigenvalue weighted by Gasteiger charge is -2.53. The van der Waals surface area contributed by atoms with Crippen molar-refractivity contribution < 1.29 is 26.0 Å². The molecule has 1 aliphatic carbocycles. The Morgan fingerprint density at radius 2 is 1.76 bits per heavy atom. The first-order valence-electron chi connectivity index (χ1n) is 16.6. The Morgan fingerprint density at radius 1 is 1.04 bits per heavy atom. The first kappa shape index (κ1) is 33.3. The minimum atomic E-state index is -4.23. The molecule has 3 aliphatic heterocycles. The monoisotopic (exact) mass is 739 g/mol. The van der Waals surface area contributed by atoms with E-state index < -0.39 is 25.7 Å². The Morgan fingerprint density at radius 3 is 2.46 bits per heavy atom. The molecule has 1 spiro atoms. The second-order valence-corrected chi connectivity index (χ2v) is 18.8. The molecular formula is C34H38FN7O5S3. The molecule has 4 aliphatic rings. The predicted molar refractivity (Wildman–Crippen MR) is 192 cm³/mol. The third-order valence-electron chi connectivity index (χ3n) is 10.3. The van der Waals surface area contributed by atoms with Crippen LogP contribution in [0.5, 0.6) is 5.75 Å². The largest absolute Gasteiger partial charge is 0.495 e. The Bertz CT molecular complexity index is 2180. The molecule has 16 heteroatoms. The molecule has 12 nitrogen and oxygen atoms in total. The van der Waals surface area contributed by atoms with Gasteiger partial charge < -0.3 is 19.9 Å². The van der Waals surface area contributed by atoms with Gasteiger partial charge in [-0.05, 0) is 69.5 Å². The number of piperazine rings is 1. The topological polar surface area (TPSA) is 147 Å². The molecule has 8 rings (SSSR count). The maximum atomic E-state index is 16.6. The zero-order chi connectivity index (χ0) is 35.0. The number of likely N-dealkylation sites (N-methyl/N-ethyl adjacent to an activating group) is 1. The summed E-state index contributed by atoms with van der Waals surface area (Å²) in [5.74, 6) is 0.273. The van der Waals surface area contributed by atoms with E-state index in [1.807, 2.05) is 0 Å². The van der Waals surface area contributed by atoms with Crippen molar-refractivity contribution in [3.8, 4) is 27.6 Å². The van der Waals surface area contributed by atoms with E-state index in [0.717, 1.165) is 43.9 Å². The fourth-order valence-corrected chi connectivity index (χ4v) is 13.2. The molecule has 264 valence electrons. The normalized spacial score (nSPS) is 22.6. The number of ether oxygens (including phenoxy) is 1. The Hall–Kier alpha value is -3.86. The number of anilines is 3. The fourth-order valence-electron chi connectivity index (χ4n) is 8.27. The van der Waals surface area contributed by atoms with Crippen LogP contribution in [0.1, 0.15) is 31.2 Å². The van der Waals surface area contributed by atoms with Gasteiger partial charge in [0, 0.05) is 48.4 Å². The van der Waals surface area contributed by atoms with E-state index in [0.29, 0.717) is 27.8 Å². The number of sulfone groups is 1. The zero-order valence-corrected chi connectivity index (χ0v) is 30.3. The molecule has 1 saturated carbocycles. The van der Waals surface area contributed by atoms with Crippen LogP contribution in [-0.2, 0) is 19.9 Å². The molecule has 2 atom stereocenters. The van der Waals surface area contributed by atoms with Crippen molar-refractivity contribution in [3.05, 3.63) is 60.0 Å². The highest BCUT2D eigenvalue weighted by atomic mass is 32.2. The summed E-state index contributed by atoms with van der Waals surface area (Å²) in [6, 6.07) is 11.9. The van der Waals surface area contributed by atoms with Crippen LogP contribution in [0.3, 0.4) is 0 Å². The number of likely N-dealkylation sites (tertiary alicyclic amines) is 1. The minimum Gasteiger partial charge on any atom is -0.495 e. The number of halogens is 1. The van der Waals surface area contributed by atoms with Crippen molar-refractivity contribution >= 4 is 48.0 Å². The number of nitrogens with one attached hydrogen (secondary N) is 2. The fraction of sp³-hybridized carbons (Fsp3) is 0.441. The van der Waals surface area contributed by atoms with Gasteiger partial charge in [-0.3, -0.25) is 4.72 Å². The lowest BCUT2D eigenvalue weighted by atomic mass is 9.67. The summed E-state index contributed by atoms with van der Waals surface area (Å²) in [7, 11) is -3.63. The second kappa shape index (κ2) is 12.1.